The van der Waals surface area contributed by atoms with E-state index in [4.69, 9.17) is 0 Å². The van der Waals surface area contributed by atoms with Crippen LogP contribution in [0.5, 0.6) is 0 Å². The number of amides is 1. The molecule has 1 aromatic rings. The molecule has 17 heavy (non-hydrogen) atoms. The Morgan fingerprint density at radius 3 is 2.65 bits per heavy atom. The molecule has 0 aliphatic heterocycles. The fourth-order valence-corrected chi connectivity index (χ4v) is 1.26. The van der Waals surface area contributed by atoms with Gasteiger partial charge < -0.3 is 5.32 Å². The second-order valence-corrected chi connectivity index (χ2v) is 3.71. The quantitative estimate of drug-likeness (QED) is 0.622. The summed E-state index contributed by atoms with van der Waals surface area (Å²) < 4.78 is 0. The Morgan fingerprint density at radius 1 is 1.35 bits per heavy atom. The Bertz CT molecular complexity index is 422. The Labute approximate surface area is 101 Å². The van der Waals surface area contributed by atoms with E-state index in [1.54, 1.807) is 12.3 Å². The molecule has 1 heterocycles. The molecule has 90 valence electrons. The number of nitrogens with one attached hydrogen (secondary N) is 1. The van der Waals surface area contributed by atoms with Gasteiger partial charge in [0.15, 0.2) is 5.78 Å². The largest absolute Gasteiger partial charge is 0.356 e. The van der Waals surface area contributed by atoms with Gasteiger partial charge in [-0.15, -0.1) is 0 Å². The number of Topliss-reactive ketones (excluding diaryl/α,β-unsaturated/α-hetero) is 1. The van der Waals surface area contributed by atoms with Crippen molar-refractivity contribution in [1.82, 2.24) is 10.3 Å². The maximum Gasteiger partial charge on any atom is 0.216 e. The molecule has 0 aliphatic rings. The van der Waals surface area contributed by atoms with E-state index in [0.29, 0.717) is 12.2 Å². The van der Waals surface area contributed by atoms with E-state index >= 15 is 0 Å². The van der Waals surface area contributed by atoms with Crippen LogP contribution in [0.4, 0.5) is 0 Å². The second kappa shape index (κ2) is 6.58. The molecule has 0 fully saturated rings. The molecule has 1 N–H and O–H groups in total. The normalized spacial score (nSPS) is 10.5. The minimum Gasteiger partial charge on any atom is -0.356 e. The molecule has 0 atom stereocenters. The van der Waals surface area contributed by atoms with Gasteiger partial charge in [0.1, 0.15) is 5.69 Å². The van der Waals surface area contributed by atoms with Crippen molar-refractivity contribution < 1.29 is 9.59 Å². The summed E-state index contributed by atoms with van der Waals surface area (Å²) >= 11 is 0. The average molecular weight is 232 g/mol. The van der Waals surface area contributed by atoms with Crippen LogP contribution in [-0.2, 0) is 4.79 Å². The lowest BCUT2D eigenvalue weighted by atomic mass is 10.2. The van der Waals surface area contributed by atoms with Crippen LogP contribution in [0.3, 0.4) is 0 Å². The van der Waals surface area contributed by atoms with E-state index in [-0.39, 0.29) is 11.7 Å². The van der Waals surface area contributed by atoms with Crippen molar-refractivity contribution in [3.05, 3.63) is 35.7 Å². The van der Waals surface area contributed by atoms with Crippen LogP contribution in [0.25, 0.3) is 6.08 Å². The summed E-state index contributed by atoms with van der Waals surface area (Å²) in [4.78, 5) is 25.6. The van der Waals surface area contributed by atoms with Gasteiger partial charge in [-0.25, -0.2) is 0 Å². The molecule has 0 aromatic carbocycles. The summed E-state index contributed by atoms with van der Waals surface area (Å²) in [5, 5.41) is 2.71. The van der Waals surface area contributed by atoms with Crippen LogP contribution < -0.4 is 5.32 Å². The zero-order valence-electron chi connectivity index (χ0n) is 10.1. The highest BCUT2D eigenvalue weighted by molar-refractivity contribution is 5.92. The Hall–Kier alpha value is -1.97. The first-order valence-corrected chi connectivity index (χ1v) is 5.47. The third-order valence-corrected chi connectivity index (χ3v) is 2.14. The summed E-state index contributed by atoms with van der Waals surface area (Å²) in [5.41, 5.74) is 1.42. The number of rotatable bonds is 5. The third kappa shape index (κ3) is 5.06. The maximum atomic E-state index is 11.0. The Balaban J connectivity index is 2.43. The topological polar surface area (TPSA) is 59.1 Å². The van der Waals surface area contributed by atoms with Crippen LogP contribution in [0, 0.1) is 0 Å². The predicted molar refractivity (Wildman–Crippen MR) is 66.6 cm³/mol. The number of hydrogen-bond acceptors (Lipinski definition) is 3. The highest BCUT2D eigenvalue weighted by atomic mass is 16.1. The fourth-order valence-electron chi connectivity index (χ4n) is 1.26. The summed E-state index contributed by atoms with van der Waals surface area (Å²) in [7, 11) is 0. The molecule has 0 aliphatic carbocycles. The fraction of sp³-hybridized carbons (Fsp3) is 0.308. The minimum atomic E-state index is -0.0359. The van der Waals surface area contributed by atoms with E-state index in [2.05, 4.69) is 10.3 Å². The number of carbonyl (C=O) groups excluding carboxylic acids is 2. The smallest absolute Gasteiger partial charge is 0.216 e. The van der Waals surface area contributed by atoms with E-state index in [1.165, 1.54) is 13.8 Å². The number of hydrogen-bond donors (Lipinski definition) is 1. The first kappa shape index (κ1) is 13.1. The van der Waals surface area contributed by atoms with Crippen molar-refractivity contribution in [2.24, 2.45) is 0 Å². The lowest BCUT2D eigenvalue weighted by Gasteiger charge is -1.98. The molecule has 0 unspecified atom stereocenters. The summed E-state index contributed by atoms with van der Waals surface area (Å²) in [6, 6.07) is 3.55. The number of aromatic nitrogens is 1. The van der Waals surface area contributed by atoms with Gasteiger partial charge in [-0.05, 0) is 18.1 Å². The van der Waals surface area contributed by atoms with Crippen molar-refractivity contribution in [3.63, 3.8) is 0 Å². The predicted octanol–water partition coefficient (Wildman–Crippen LogP) is 1.82. The van der Waals surface area contributed by atoms with Gasteiger partial charge in [-0.1, -0.05) is 18.2 Å². The van der Waals surface area contributed by atoms with Crippen molar-refractivity contribution in [2.75, 3.05) is 6.54 Å². The zero-order chi connectivity index (χ0) is 12.7. The lowest BCUT2D eigenvalue weighted by molar-refractivity contribution is -0.118. The van der Waals surface area contributed by atoms with E-state index < -0.39 is 0 Å². The Kier molecular flexibility index (Phi) is 5.07. The molecule has 1 aromatic heterocycles. The summed E-state index contributed by atoms with van der Waals surface area (Å²) in [6.45, 7) is 3.62. The van der Waals surface area contributed by atoms with Gasteiger partial charge in [0.05, 0.1) is 0 Å². The molecule has 0 spiro atoms. The number of pyridine rings is 1. The Morgan fingerprint density at radius 2 is 2.12 bits per heavy atom. The van der Waals surface area contributed by atoms with Crippen LogP contribution in [-0.4, -0.2) is 23.2 Å². The maximum absolute atomic E-state index is 11.0. The van der Waals surface area contributed by atoms with Gasteiger partial charge in [0.2, 0.25) is 5.91 Å². The molecule has 0 bridgehead atoms. The van der Waals surface area contributed by atoms with E-state index in [0.717, 1.165) is 12.0 Å². The highest BCUT2D eigenvalue weighted by Gasteiger charge is 1.98. The van der Waals surface area contributed by atoms with Crippen LogP contribution in [0.15, 0.2) is 24.4 Å². The van der Waals surface area contributed by atoms with Crippen molar-refractivity contribution >= 4 is 17.8 Å². The van der Waals surface area contributed by atoms with E-state index in [1.807, 2.05) is 18.2 Å². The van der Waals surface area contributed by atoms with Gasteiger partial charge in [-0.3, -0.25) is 14.6 Å². The van der Waals surface area contributed by atoms with Crippen LogP contribution in [0.2, 0.25) is 0 Å². The average Bonchev–Trinajstić information content (AvgIpc) is 2.29. The summed E-state index contributed by atoms with van der Waals surface area (Å²) in [6.07, 6.45) is 6.30. The van der Waals surface area contributed by atoms with Crippen molar-refractivity contribution in [1.29, 1.82) is 0 Å². The van der Waals surface area contributed by atoms with Crippen molar-refractivity contribution in [3.8, 4) is 0 Å². The molecule has 4 nitrogen and oxygen atoms in total. The number of carbonyl (C=O) groups is 2. The summed E-state index contributed by atoms with van der Waals surface area (Å²) in [5.74, 6) is -0.0583. The standard InChI is InChI=1S/C13H16N2O2/c1-10(16)13-7-6-12(9-15-13)5-3-4-8-14-11(2)17/h3,5-7,9H,4,8H2,1-2H3,(H,14,17). The van der Waals surface area contributed by atoms with Gasteiger partial charge in [0.25, 0.3) is 0 Å². The molecular weight excluding hydrogens is 216 g/mol. The van der Waals surface area contributed by atoms with E-state index in [9.17, 15) is 9.59 Å². The highest BCUT2D eigenvalue weighted by Crippen LogP contribution is 2.03. The molecule has 1 rings (SSSR count). The second-order valence-electron chi connectivity index (χ2n) is 3.71. The molecule has 0 saturated carbocycles. The number of ketones is 1. The van der Waals surface area contributed by atoms with Gasteiger partial charge >= 0.3 is 0 Å². The monoisotopic (exact) mass is 232 g/mol. The third-order valence-electron chi connectivity index (χ3n) is 2.14. The molecule has 0 saturated heterocycles. The molecule has 4 heteroatoms. The van der Waals surface area contributed by atoms with Crippen LogP contribution in [0.1, 0.15) is 36.3 Å². The first-order chi connectivity index (χ1) is 8.09. The first-order valence-electron chi connectivity index (χ1n) is 5.47. The van der Waals surface area contributed by atoms with Crippen molar-refractivity contribution in [2.45, 2.75) is 20.3 Å². The lowest BCUT2D eigenvalue weighted by Crippen LogP contribution is -2.20. The number of nitrogens with zero attached hydrogens (tertiary/aromatic N) is 1. The minimum absolute atomic E-state index is 0.0223. The SMILES string of the molecule is CC(=O)NCCC=Cc1ccc(C(C)=O)nc1. The molecule has 1 amide bonds. The zero-order valence-corrected chi connectivity index (χ0v) is 10.1. The molecular formula is C13H16N2O2. The van der Waals surface area contributed by atoms with Gasteiger partial charge in [-0.2, -0.15) is 0 Å². The van der Waals surface area contributed by atoms with Crippen LogP contribution >= 0.6 is 0 Å². The van der Waals surface area contributed by atoms with Gasteiger partial charge in [0, 0.05) is 26.6 Å². The molecule has 0 radical (unpaired) electrons.